The average molecular weight is 364 g/mol. The van der Waals surface area contributed by atoms with Crippen molar-refractivity contribution >= 4 is 5.91 Å². The van der Waals surface area contributed by atoms with E-state index in [1.807, 2.05) is 24.3 Å². The van der Waals surface area contributed by atoms with Crippen LogP contribution in [0.4, 0.5) is 0 Å². The van der Waals surface area contributed by atoms with E-state index in [-0.39, 0.29) is 5.91 Å². The molecule has 0 radical (unpaired) electrons. The predicted molar refractivity (Wildman–Crippen MR) is 107 cm³/mol. The Morgan fingerprint density at radius 2 is 2.07 bits per heavy atom. The second-order valence-electron chi connectivity index (χ2n) is 8.03. The standard InChI is InChI=1S/C22H28N4O/c1-16(2)9-12-25-13-17-7-8-18(25)15-26(14-17)22(27)20-6-4-3-5-19(20)21-23-10-11-24-21/h3-6,9-11,17-18H,7-8,12-15H2,1-2H3,(H,23,24)/t17-,18-/m1/s1. The molecule has 0 saturated carbocycles. The van der Waals surface area contributed by atoms with Crippen LogP contribution in [0, 0.1) is 5.92 Å². The molecule has 4 heterocycles. The second kappa shape index (κ2) is 7.69. The molecule has 1 aromatic heterocycles. The van der Waals surface area contributed by atoms with Crippen LogP contribution in [-0.4, -0.2) is 57.9 Å². The number of aromatic nitrogens is 2. The molecule has 3 aliphatic rings. The van der Waals surface area contributed by atoms with Gasteiger partial charge in [-0.1, -0.05) is 29.8 Å². The summed E-state index contributed by atoms with van der Waals surface area (Å²) in [6, 6.07) is 8.25. The van der Waals surface area contributed by atoms with Gasteiger partial charge in [-0.3, -0.25) is 9.69 Å². The molecule has 3 saturated heterocycles. The minimum atomic E-state index is 0.128. The maximum Gasteiger partial charge on any atom is 0.254 e. The summed E-state index contributed by atoms with van der Waals surface area (Å²) >= 11 is 0. The molecule has 142 valence electrons. The Morgan fingerprint density at radius 1 is 1.22 bits per heavy atom. The van der Waals surface area contributed by atoms with Crippen molar-refractivity contribution in [1.82, 2.24) is 19.8 Å². The Kier molecular flexibility index (Phi) is 5.12. The number of hydrogen-bond donors (Lipinski definition) is 1. The highest BCUT2D eigenvalue weighted by atomic mass is 16.2. The lowest BCUT2D eigenvalue weighted by Gasteiger charge is -2.35. The smallest absolute Gasteiger partial charge is 0.254 e. The Labute approximate surface area is 161 Å². The van der Waals surface area contributed by atoms with Gasteiger partial charge >= 0.3 is 0 Å². The summed E-state index contributed by atoms with van der Waals surface area (Å²) in [5.41, 5.74) is 2.98. The summed E-state index contributed by atoms with van der Waals surface area (Å²) in [4.78, 5) is 25.5. The molecule has 0 spiro atoms. The Balaban J connectivity index is 1.57. The molecule has 2 bridgehead atoms. The van der Waals surface area contributed by atoms with E-state index >= 15 is 0 Å². The molecule has 1 aromatic carbocycles. The number of benzene rings is 1. The lowest BCUT2D eigenvalue weighted by atomic mass is 9.95. The second-order valence-corrected chi connectivity index (χ2v) is 8.03. The number of carbonyl (C=O) groups excluding carboxylic acids is 1. The number of imidazole rings is 1. The first-order chi connectivity index (χ1) is 13.1. The molecule has 3 fully saturated rings. The average Bonchev–Trinajstić information content (AvgIpc) is 3.06. The van der Waals surface area contributed by atoms with Crippen LogP contribution >= 0.6 is 0 Å². The van der Waals surface area contributed by atoms with Gasteiger partial charge in [0, 0.05) is 50.2 Å². The van der Waals surface area contributed by atoms with E-state index in [1.54, 1.807) is 12.4 Å². The molecular formula is C22H28N4O. The largest absolute Gasteiger partial charge is 0.345 e. The molecule has 27 heavy (non-hydrogen) atoms. The normalized spacial score (nSPS) is 22.5. The van der Waals surface area contributed by atoms with Crippen molar-refractivity contribution in [1.29, 1.82) is 0 Å². The van der Waals surface area contributed by atoms with Crippen LogP contribution in [-0.2, 0) is 0 Å². The van der Waals surface area contributed by atoms with Crippen molar-refractivity contribution in [3.05, 3.63) is 53.9 Å². The van der Waals surface area contributed by atoms with Crippen LogP contribution in [0.3, 0.4) is 0 Å². The van der Waals surface area contributed by atoms with Crippen molar-refractivity contribution in [2.24, 2.45) is 5.92 Å². The van der Waals surface area contributed by atoms with Crippen molar-refractivity contribution in [2.45, 2.75) is 32.7 Å². The van der Waals surface area contributed by atoms with Crippen LogP contribution < -0.4 is 0 Å². The third-order valence-electron chi connectivity index (χ3n) is 5.76. The van der Waals surface area contributed by atoms with E-state index < -0.39 is 0 Å². The fourth-order valence-corrected chi connectivity index (χ4v) is 4.33. The summed E-state index contributed by atoms with van der Waals surface area (Å²) < 4.78 is 0. The molecule has 5 nitrogen and oxygen atoms in total. The molecule has 5 heteroatoms. The molecule has 5 rings (SSSR count). The van der Waals surface area contributed by atoms with Gasteiger partial charge < -0.3 is 9.88 Å². The highest BCUT2D eigenvalue weighted by Gasteiger charge is 2.36. The van der Waals surface area contributed by atoms with E-state index in [4.69, 9.17) is 0 Å². The molecule has 1 amide bonds. The Bertz CT molecular complexity index is 823. The number of nitrogens with zero attached hydrogens (tertiary/aromatic N) is 3. The minimum Gasteiger partial charge on any atom is -0.345 e. The first kappa shape index (κ1) is 18.0. The van der Waals surface area contributed by atoms with Gasteiger partial charge in [0.25, 0.3) is 5.91 Å². The molecule has 2 atom stereocenters. The molecule has 1 N–H and O–H groups in total. The topological polar surface area (TPSA) is 52.2 Å². The van der Waals surface area contributed by atoms with Gasteiger partial charge in [-0.05, 0) is 38.7 Å². The third-order valence-corrected chi connectivity index (χ3v) is 5.76. The Hall–Kier alpha value is -2.40. The van der Waals surface area contributed by atoms with E-state index in [9.17, 15) is 4.79 Å². The number of carbonyl (C=O) groups is 1. The maximum atomic E-state index is 13.4. The summed E-state index contributed by atoms with van der Waals surface area (Å²) in [7, 11) is 0. The summed E-state index contributed by atoms with van der Waals surface area (Å²) in [5, 5.41) is 0. The summed E-state index contributed by atoms with van der Waals surface area (Å²) in [6.45, 7) is 8.06. The maximum absolute atomic E-state index is 13.4. The predicted octanol–water partition coefficient (Wildman–Crippen LogP) is 3.58. The lowest BCUT2D eigenvalue weighted by Crippen LogP contribution is -2.44. The SMILES string of the molecule is CC(C)=CCN1C[C@H]2CC[C@@H]1CN(C(=O)c1ccccc1-c1ncc[nH]1)C2. The fourth-order valence-electron chi connectivity index (χ4n) is 4.33. The number of H-pyrrole nitrogens is 1. The van der Waals surface area contributed by atoms with E-state index in [0.29, 0.717) is 12.0 Å². The van der Waals surface area contributed by atoms with Gasteiger partial charge in [0.2, 0.25) is 0 Å². The van der Waals surface area contributed by atoms with Gasteiger partial charge in [0.1, 0.15) is 5.82 Å². The Morgan fingerprint density at radius 3 is 2.85 bits per heavy atom. The van der Waals surface area contributed by atoms with Crippen LogP contribution in [0.2, 0.25) is 0 Å². The van der Waals surface area contributed by atoms with Gasteiger partial charge in [-0.15, -0.1) is 0 Å². The zero-order valence-corrected chi connectivity index (χ0v) is 16.2. The number of hydrogen-bond acceptors (Lipinski definition) is 3. The number of nitrogens with one attached hydrogen (secondary N) is 1. The monoisotopic (exact) mass is 364 g/mol. The molecule has 2 aromatic rings. The molecule has 3 aliphatic heterocycles. The van der Waals surface area contributed by atoms with E-state index in [0.717, 1.165) is 43.1 Å². The van der Waals surface area contributed by atoms with Gasteiger partial charge in [-0.2, -0.15) is 0 Å². The number of rotatable bonds is 4. The number of allylic oxidation sites excluding steroid dienone is 1. The number of amides is 1. The molecule has 0 unspecified atom stereocenters. The highest BCUT2D eigenvalue weighted by Crippen LogP contribution is 2.30. The highest BCUT2D eigenvalue weighted by molar-refractivity contribution is 6.00. The van der Waals surface area contributed by atoms with Crippen molar-refractivity contribution in [3.8, 4) is 11.4 Å². The first-order valence-corrected chi connectivity index (χ1v) is 9.87. The van der Waals surface area contributed by atoms with E-state index in [1.165, 1.54) is 18.4 Å². The van der Waals surface area contributed by atoms with Crippen LogP contribution in [0.25, 0.3) is 11.4 Å². The number of aromatic amines is 1. The minimum absolute atomic E-state index is 0.128. The number of fused-ring (bicyclic) bond motifs is 4. The third kappa shape index (κ3) is 3.83. The summed E-state index contributed by atoms with van der Waals surface area (Å²) in [5.74, 6) is 1.44. The van der Waals surface area contributed by atoms with Gasteiger partial charge in [-0.25, -0.2) is 4.98 Å². The zero-order chi connectivity index (χ0) is 18.8. The van der Waals surface area contributed by atoms with Crippen LogP contribution in [0.5, 0.6) is 0 Å². The van der Waals surface area contributed by atoms with Crippen LogP contribution in [0.15, 0.2) is 48.3 Å². The quantitative estimate of drug-likeness (QED) is 0.844. The summed E-state index contributed by atoms with van der Waals surface area (Å²) in [6.07, 6.45) is 8.23. The fraction of sp³-hybridized carbons (Fsp3) is 0.455. The van der Waals surface area contributed by atoms with Gasteiger partial charge in [0.05, 0.1) is 5.56 Å². The molecule has 0 aliphatic carbocycles. The lowest BCUT2D eigenvalue weighted by molar-refractivity contribution is 0.0741. The zero-order valence-electron chi connectivity index (χ0n) is 16.2. The van der Waals surface area contributed by atoms with Crippen molar-refractivity contribution in [3.63, 3.8) is 0 Å². The van der Waals surface area contributed by atoms with E-state index in [2.05, 4.69) is 39.7 Å². The van der Waals surface area contributed by atoms with Crippen molar-refractivity contribution < 1.29 is 4.79 Å². The van der Waals surface area contributed by atoms with Gasteiger partial charge in [0.15, 0.2) is 0 Å². The molecular weight excluding hydrogens is 336 g/mol. The van der Waals surface area contributed by atoms with Crippen LogP contribution in [0.1, 0.15) is 37.0 Å². The van der Waals surface area contributed by atoms with Crippen molar-refractivity contribution in [2.75, 3.05) is 26.2 Å². The first-order valence-electron chi connectivity index (χ1n) is 9.87. The number of piperidine rings is 1.